The van der Waals surface area contributed by atoms with Gasteiger partial charge in [-0.05, 0) is 29.8 Å². The molecule has 1 aliphatic heterocycles. The minimum Gasteiger partial charge on any atom is -0.497 e. The summed E-state index contributed by atoms with van der Waals surface area (Å²) in [7, 11) is 1.61. The third-order valence-corrected chi connectivity index (χ3v) is 6.80. The molecule has 1 N–H and O–H groups in total. The molecule has 7 nitrogen and oxygen atoms in total. The normalized spacial score (nSPS) is 14.0. The van der Waals surface area contributed by atoms with Gasteiger partial charge in [0, 0.05) is 23.5 Å². The van der Waals surface area contributed by atoms with Gasteiger partial charge in [0.1, 0.15) is 5.75 Å². The van der Waals surface area contributed by atoms with E-state index in [1.54, 1.807) is 24.4 Å². The standard InChI is InChI=1S/C28H24ClN5O2/c1-36-22-12-10-20(11-13-22)16-34(27(35)32-25-15-31-14-21-6-2-3-7-23(21)25)28(17-30)18-33(19-28)26-9-5-4-8-24(26)29/h2-15H,16,18-19H2,1H3,(H,32,35). The first-order chi connectivity index (χ1) is 17.5. The van der Waals surface area contributed by atoms with Gasteiger partial charge in [0.2, 0.25) is 0 Å². The van der Waals surface area contributed by atoms with Crippen molar-refractivity contribution >= 4 is 39.8 Å². The van der Waals surface area contributed by atoms with E-state index in [9.17, 15) is 10.1 Å². The quantitative estimate of drug-likeness (QED) is 0.369. The molecule has 0 spiro atoms. The highest BCUT2D eigenvalue weighted by Gasteiger charge is 2.51. The summed E-state index contributed by atoms with van der Waals surface area (Å²) in [6, 6.07) is 24.7. The van der Waals surface area contributed by atoms with Crippen molar-refractivity contribution in [1.82, 2.24) is 9.88 Å². The molecule has 3 aromatic carbocycles. The largest absolute Gasteiger partial charge is 0.497 e. The molecule has 5 rings (SSSR count). The molecule has 1 fully saturated rings. The Morgan fingerprint density at radius 1 is 1.11 bits per heavy atom. The van der Waals surface area contributed by atoms with E-state index < -0.39 is 5.54 Å². The van der Waals surface area contributed by atoms with Crippen molar-refractivity contribution < 1.29 is 9.53 Å². The number of rotatable bonds is 6. The third kappa shape index (κ3) is 4.39. The van der Waals surface area contributed by atoms with E-state index in [2.05, 4.69) is 16.4 Å². The molecule has 1 aliphatic rings. The number of pyridine rings is 1. The summed E-state index contributed by atoms with van der Waals surface area (Å²) in [5.41, 5.74) is 1.27. The molecule has 180 valence electrons. The van der Waals surface area contributed by atoms with Crippen LogP contribution in [0.2, 0.25) is 5.02 Å². The van der Waals surface area contributed by atoms with Gasteiger partial charge >= 0.3 is 6.03 Å². The molecule has 0 aliphatic carbocycles. The van der Waals surface area contributed by atoms with E-state index in [-0.39, 0.29) is 12.6 Å². The van der Waals surface area contributed by atoms with Crippen LogP contribution in [0.1, 0.15) is 5.56 Å². The number of para-hydroxylation sites is 1. The van der Waals surface area contributed by atoms with Gasteiger partial charge in [0.15, 0.2) is 5.54 Å². The number of hydrogen-bond acceptors (Lipinski definition) is 5. The fraction of sp³-hybridized carbons (Fsp3) is 0.179. The lowest BCUT2D eigenvalue weighted by molar-refractivity contribution is 0.129. The predicted octanol–water partition coefficient (Wildman–Crippen LogP) is 5.71. The van der Waals surface area contributed by atoms with Gasteiger partial charge in [-0.1, -0.05) is 60.1 Å². The van der Waals surface area contributed by atoms with Gasteiger partial charge in [-0.15, -0.1) is 0 Å². The SMILES string of the molecule is COc1ccc(CN(C(=O)Nc2cncc3ccccc23)C2(C#N)CN(c3ccccc3Cl)C2)cc1. The summed E-state index contributed by atoms with van der Waals surface area (Å²) < 4.78 is 5.27. The van der Waals surface area contributed by atoms with E-state index in [0.29, 0.717) is 23.8 Å². The maximum absolute atomic E-state index is 13.8. The van der Waals surface area contributed by atoms with Crippen molar-refractivity contribution in [3.05, 3.63) is 95.8 Å². The molecule has 2 amide bonds. The van der Waals surface area contributed by atoms with Gasteiger partial charge in [0.25, 0.3) is 0 Å². The first-order valence-electron chi connectivity index (χ1n) is 11.5. The van der Waals surface area contributed by atoms with Crippen LogP contribution in [-0.2, 0) is 6.54 Å². The van der Waals surface area contributed by atoms with Crippen LogP contribution >= 0.6 is 11.6 Å². The average molecular weight is 498 g/mol. The van der Waals surface area contributed by atoms with Gasteiger partial charge in [-0.25, -0.2) is 4.79 Å². The number of nitriles is 1. The van der Waals surface area contributed by atoms with E-state index >= 15 is 0 Å². The highest BCUT2D eigenvalue weighted by atomic mass is 35.5. The molecular weight excluding hydrogens is 474 g/mol. The number of nitrogens with one attached hydrogen (secondary N) is 1. The summed E-state index contributed by atoms with van der Waals surface area (Å²) >= 11 is 6.40. The minimum absolute atomic E-state index is 0.248. The number of urea groups is 1. The van der Waals surface area contributed by atoms with Crippen LogP contribution in [0.15, 0.2) is 85.2 Å². The van der Waals surface area contributed by atoms with Crippen molar-refractivity contribution in [2.45, 2.75) is 12.1 Å². The third-order valence-electron chi connectivity index (χ3n) is 6.48. The molecule has 1 aromatic heterocycles. The topological polar surface area (TPSA) is 81.5 Å². The fourth-order valence-corrected chi connectivity index (χ4v) is 4.75. The molecule has 36 heavy (non-hydrogen) atoms. The Kier molecular flexibility index (Phi) is 6.36. The Hall–Kier alpha value is -4.28. The van der Waals surface area contributed by atoms with Crippen LogP contribution in [0, 0.1) is 11.3 Å². The predicted molar refractivity (Wildman–Crippen MR) is 141 cm³/mol. The van der Waals surface area contributed by atoms with Crippen LogP contribution in [0.5, 0.6) is 5.75 Å². The molecular formula is C28H24ClN5O2. The van der Waals surface area contributed by atoms with Crippen molar-refractivity contribution in [2.75, 3.05) is 30.4 Å². The summed E-state index contributed by atoms with van der Waals surface area (Å²) in [5, 5.41) is 15.7. The Morgan fingerprint density at radius 2 is 1.83 bits per heavy atom. The molecule has 0 atom stereocenters. The van der Waals surface area contributed by atoms with Crippen molar-refractivity contribution in [3.63, 3.8) is 0 Å². The van der Waals surface area contributed by atoms with Gasteiger partial charge in [-0.3, -0.25) is 9.88 Å². The first-order valence-corrected chi connectivity index (χ1v) is 11.9. The number of fused-ring (bicyclic) bond motifs is 1. The van der Waals surface area contributed by atoms with E-state index in [0.717, 1.165) is 27.8 Å². The zero-order valence-corrected chi connectivity index (χ0v) is 20.4. The van der Waals surface area contributed by atoms with E-state index in [1.165, 1.54) is 0 Å². The number of amides is 2. The number of halogens is 1. The molecule has 0 unspecified atom stereocenters. The Labute approximate surface area is 214 Å². The number of methoxy groups -OCH3 is 1. The maximum atomic E-state index is 13.8. The average Bonchev–Trinajstić information content (AvgIpc) is 2.89. The lowest BCUT2D eigenvalue weighted by Crippen LogP contribution is -2.71. The highest BCUT2D eigenvalue weighted by molar-refractivity contribution is 6.33. The Morgan fingerprint density at radius 3 is 2.56 bits per heavy atom. The van der Waals surface area contributed by atoms with Crippen LogP contribution < -0.4 is 15.0 Å². The van der Waals surface area contributed by atoms with E-state index in [1.807, 2.05) is 77.7 Å². The number of carbonyl (C=O) groups is 1. The molecule has 2 heterocycles. The zero-order chi connectivity index (χ0) is 25.1. The van der Waals surface area contributed by atoms with Gasteiger partial charge in [0.05, 0.1) is 48.9 Å². The van der Waals surface area contributed by atoms with Crippen LogP contribution in [-0.4, -0.2) is 41.7 Å². The molecule has 0 bridgehead atoms. The zero-order valence-electron chi connectivity index (χ0n) is 19.7. The number of hydrogen-bond donors (Lipinski definition) is 1. The lowest BCUT2D eigenvalue weighted by Gasteiger charge is -2.52. The van der Waals surface area contributed by atoms with Crippen LogP contribution in [0.4, 0.5) is 16.2 Å². The molecule has 0 radical (unpaired) electrons. The lowest BCUT2D eigenvalue weighted by atomic mass is 9.88. The molecule has 1 saturated heterocycles. The summed E-state index contributed by atoms with van der Waals surface area (Å²) in [4.78, 5) is 21.6. The van der Waals surface area contributed by atoms with Crippen LogP contribution in [0.3, 0.4) is 0 Å². The van der Waals surface area contributed by atoms with Crippen molar-refractivity contribution in [1.29, 1.82) is 5.26 Å². The Bertz CT molecular complexity index is 1440. The van der Waals surface area contributed by atoms with Crippen molar-refractivity contribution in [3.8, 4) is 11.8 Å². The summed E-state index contributed by atoms with van der Waals surface area (Å²) in [5.74, 6) is 0.722. The summed E-state index contributed by atoms with van der Waals surface area (Å²) in [6.07, 6.45) is 3.38. The van der Waals surface area contributed by atoms with Crippen LogP contribution in [0.25, 0.3) is 10.8 Å². The number of anilines is 2. The number of ether oxygens (including phenoxy) is 1. The number of benzene rings is 3. The summed E-state index contributed by atoms with van der Waals surface area (Å²) in [6.45, 7) is 0.924. The second-order valence-electron chi connectivity index (χ2n) is 8.72. The molecule has 8 heteroatoms. The maximum Gasteiger partial charge on any atom is 0.323 e. The first kappa shape index (κ1) is 23.5. The number of nitrogens with zero attached hydrogens (tertiary/aromatic N) is 4. The van der Waals surface area contributed by atoms with Crippen molar-refractivity contribution in [2.24, 2.45) is 0 Å². The minimum atomic E-state index is -1.04. The second kappa shape index (κ2) is 9.76. The Balaban J connectivity index is 1.46. The highest BCUT2D eigenvalue weighted by Crippen LogP contribution is 2.37. The van der Waals surface area contributed by atoms with Gasteiger partial charge < -0.3 is 15.0 Å². The van der Waals surface area contributed by atoms with E-state index in [4.69, 9.17) is 16.3 Å². The number of carbonyl (C=O) groups excluding carboxylic acids is 1. The second-order valence-corrected chi connectivity index (χ2v) is 9.13. The molecule has 4 aromatic rings. The van der Waals surface area contributed by atoms with Gasteiger partial charge in [-0.2, -0.15) is 5.26 Å². The monoisotopic (exact) mass is 497 g/mol. The number of aromatic nitrogens is 1. The fourth-order valence-electron chi connectivity index (χ4n) is 4.50. The smallest absolute Gasteiger partial charge is 0.323 e. The molecule has 0 saturated carbocycles.